The van der Waals surface area contributed by atoms with Gasteiger partial charge in [-0.05, 0) is 25.9 Å². The van der Waals surface area contributed by atoms with E-state index in [1.807, 2.05) is 7.05 Å². The highest BCUT2D eigenvalue weighted by Crippen LogP contribution is 2.08. The summed E-state index contributed by atoms with van der Waals surface area (Å²) >= 11 is 0. The van der Waals surface area contributed by atoms with Gasteiger partial charge in [-0.2, -0.15) is 0 Å². The fourth-order valence-electron chi connectivity index (χ4n) is 1.90. The average Bonchev–Trinajstić information content (AvgIpc) is 2.26. The minimum atomic E-state index is 0.551. The molecule has 0 amide bonds. The highest BCUT2D eigenvalue weighted by molar-refractivity contribution is 5.79. The largest absolute Gasteiger partial charge is 0.359 e. The van der Waals surface area contributed by atoms with Crippen molar-refractivity contribution >= 4 is 5.96 Å². The first-order valence-electron chi connectivity index (χ1n) is 5.43. The van der Waals surface area contributed by atoms with Crippen LogP contribution in [0.1, 0.15) is 19.8 Å². The van der Waals surface area contributed by atoms with E-state index in [2.05, 4.69) is 27.4 Å². The molecule has 0 aliphatic carbocycles. The van der Waals surface area contributed by atoms with Crippen molar-refractivity contribution in [2.24, 2.45) is 4.99 Å². The number of nitrogens with one attached hydrogen (secondary N) is 2. The van der Waals surface area contributed by atoms with Gasteiger partial charge in [0.25, 0.3) is 0 Å². The molecular formula is C10H22N4. The number of rotatable bonds is 2. The Balaban J connectivity index is 2.37. The lowest BCUT2D eigenvalue weighted by Crippen LogP contribution is -2.50. The highest BCUT2D eigenvalue weighted by atomic mass is 15.2. The first-order valence-corrected chi connectivity index (χ1v) is 5.43. The molecule has 0 saturated carbocycles. The zero-order valence-corrected chi connectivity index (χ0v) is 9.51. The second-order valence-corrected chi connectivity index (χ2v) is 3.70. The van der Waals surface area contributed by atoms with Gasteiger partial charge in [0.05, 0.1) is 0 Å². The summed E-state index contributed by atoms with van der Waals surface area (Å²) in [4.78, 5) is 6.60. The Morgan fingerprint density at radius 1 is 1.57 bits per heavy atom. The fraction of sp³-hybridized carbons (Fsp3) is 0.900. The number of likely N-dealkylation sites (N-methyl/N-ethyl adjacent to an activating group) is 1. The van der Waals surface area contributed by atoms with Gasteiger partial charge in [0.1, 0.15) is 0 Å². The number of likely N-dealkylation sites (tertiary alicyclic amines) is 1. The van der Waals surface area contributed by atoms with E-state index in [1.54, 1.807) is 7.05 Å². The Morgan fingerprint density at radius 2 is 2.36 bits per heavy atom. The molecule has 2 N–H and O–H groups in total. The Hall–Kier alpha value is -0.770. The first-order chi connectivity index (χ1) is 6.80. The fourth-order valence-corrected chi connectivity index (χ4v) is 1.90. The van der Waals surface area contributed by atoms with Gasteiger partial charge in [0, 0.05) is 26.7 Å². The molecule has 14 heavy (non-hydrogen) atoms. The van der Waals surface area contributed by atoms with Crippen LogP contribution in [0.4, 0.5) is 0 Å². The van der Waals surface area contributed by atoms with Crippen LogP contribution in [0.25, 0.3) is 0 Å². The molecule has 4 heteroatoms. The molecule has 1 aliphatic rings. The van der Waals surface area contributed by atoms with Crippen LogP contribution in [0, 0.1) is 0 Å². The van der Waals surface area contributed by atoms with E-state index in [0.717, 1.165) is 19.0 Å². The van der Waals surface area contributed by atoms with Crippen LogP contribution in [-0.2, 0) is 0 Å². The smallest absolute Gasteiger partial charge is 0.190 e. The molecule has 0 aromatic rings. The van der Waals surface area contributed by atoms with E-state index in [9.17, 15) is 0 Å². The van der Waals surface area contributed by atoms with Crippen LogP contribution in [0.3, 0.4) is 0 Å². The van der Waals surface area contributed by atoms with Gasteiger partial charge in [-0.3, -0.25) is 4.99 Å². The summed E-state index contributed by atoms with van der Waals surface area (Å²) in [5.74, 6) is 0.896. The molecule has 1 aliphatic heterocycles. The van der Waals surface area contributed by atoms with Crippen molar-refractivity contribution in [2.75, 3.05) is 33.7 Å². The van der Waals surface area contributed by atoms with E-state index in [-0.39, 0.29) is 0 Å². The summed E-state index contributed by atoms with van der Waals surface area (Å²) < 4.78 is 0. The zero-order chi connectivity index (χ0) is 10.4. The summed E-state index contributed by atoms with van der Waals surface area (Å²) in [6.45, 7) is 5.75. The van der Waals surface area contributed by atoms with E-state index < -0.39 is 0 Å². The molecule has 0 bridgehead atoms. The summed E-state index contributed by atoms with van der Waals surface area (Å²) in [7, 11) is 3.70. The summed E-state index contributed by atoms with van der Waals surface area (Å²) in [5.41, 5.74) is 0. The van der Waals surface area contributed by atoms with Crippen molar-refractivity contribution in [2.45, 2.75) is 25.8 Å². The van der Waals surface area contributed by atoms with Gasteiger partial charge in [0.15, 0.2) is 5.96 Å². The SMILES string of the molecule is CCN1CCCC(NC(=NC)NC)C1. The number of piperidine rings is 1. The maximum atomic E-state index is 4.13. The van der Waals surface area contributed by atoms with Crippen molar-refractivity contribution in [1.82, 2.24) is 15.5 Å². The van der Waals surface area contributed by atoms with E-state index >= 15 is 0 Å². The van der Waals surface area contributed by atoms with Crippen LogP contribution in [0.5, 0.6) is 0 Å². The van der Waals surface area contributed by atoms with Gasteiger partial charge in [-0.25, -0.2) is 0 Å². The van der Waals surface area contributed by atoms with Crippen LogP contribution in [0.15, 0.2) is 4.99 Å². The molecular weight excluding hydrogens is 176 g/mol. The van der Waals surface area contributed by atoms with Crippen molar-refractivity contribution in [3.8, 4) is 0 Å². The molecule has 1 rings (SSSR count). The quantitative estimate of drug-likeness (QED) is 0.494. The maximum Gasteiger partial charge on any atom is 0.190 e. The van der Waals surface area contributed by atoms with E-state index in [0.29, 0.717) is 6.04 Å². The maximum absolute atomic E-state index is 4.13. The number of hydrogen-bond acceptors (Lipinski definition) is 2. The van der Waals surface area contributed by atoms with Crippen LogP contribution in [0.2, 0.25) is 0 Å². The second-order valence-electron chi connectivity index (χ2n) is 3.70. The third-order valence-electron chi connectivity index (χ3n) is 2.75. The van der Waals surface area contributed by atoms with Crippen LogP contribution >= 0.6 is 0 Å². The van der Waals surface area contributed by atoms with Crippen molar-refractivity contribution in [3.05, 3.63) is 0 Å². The Bertz CT molecular complexity index is 191. The predicted octanol–water partition coefficient (Wildman–Crippen LogP) is 0.266. The molecule has 1 atom stereocenters. The van der Waals surface area contributed by atoms with E-state index in [4.69, 9.17) is 0 Å². The Morgan fingerprint density at radius 3 is 2.93 bits per heavy atom. The monoisotopic (exact) mass is 198 g/mol. The van der Waals surface area contributed by atoms with Gasteiger partial charge in [0.2, 0.25) is 0 Å². The molecule has 0 aromatic carbocycles. The molecule has 4 nitrogen and oxygen atoms in total. The summed E-state index contributed by atoms with van der Waals surface area (Å²) in [6, 6.07) is 0.551. The Labute approximate surface area is 86.8 Å². The standard InChI is InChI=1S/C10H22N4/c1-4-14-7-5-6-9(8-14)13-10(11-2)12-3/h9H,4-8H2,1-3H3,(H2,11,12,13). The van der Waals surface area contributed by atoms with Gasteiger partial charge in [-0.1, -0.05) is 6.92 Å². The minimum absolute atomic E-state index is 0.551. The van der Waals surface area contributed by atoms with Gasteiger partial charge >= 0.3 is 0 Å². The van der Waals surface area contributed by atoms with Gasteiger partial charge < -0.3 is 15.5 Å². The molecule has 1 saturated heterocycles. The zero-order valence-electron chi connectivity index (χ0n) is 9.51. The third-order valence-corrected chi connectivity index (χ3v) is 2.75. The van der Waals surface area contributed by atoms with Crippen LogP contribution in [-0.4, -0.2) is 50.6 Å². The lowest BCUT2D eigenvalue weighted by Gasteiger charge is -2.32. The number of hydrogen-bond donors (Lipinski definition) is 2. The molecule has 0 radical (unpaired) electrons. The molecule has 82 valence electrons. The van der Waals surface area contributed by atoms with Crippen molar-refractivity contribution in [3.63, 3.8) is 0 Å². The normalized spacial score (nSPS) is 24.8. The Kier molecular flexibility index (Phi) is 4.73. The summed E-state index contributed by atoms with van der Waals surface area (Å²) in [6.07, 6.45) is 2.53. The lowest BCUT2D eigenvalue weighted by atomic mass is 10.1. The number of guanidine groups is 1. The lowest BCUT2D eigenvalue weighted by molar-refractivity contribution is 0.209. The number of aliphatic imine (C=N–C) groups is 1. The molecule has 1 heterocycles. The van der Waals surface area contributed by atoms with Crippen LogP contribution < -0.4 is 10.6 Å². The average molecular weight is 198 g/mol. The van der Waals surface area contributed by atoms with Crippen molar-refractivity contribution in [1.29, 1.82) is 0 Å². The van der Waals surface area contributed by atoms with E-state index in [1.165, 1.54) is 19.4 Å². The molecule has 0 spiro atoms. The molecule has 0 aromatic heterocycles. The topological polar surface area (TPSA) is 39.7 Å². The highest BCUT2D eigenvalue weighted by Gasteiger charge is 2.18. The molecule has 1 unspecified atom stereocenters. The first kappa shape index (κ1) is 11.3. The van der Waals surface area contributed by atoms with Crippen molar-refractivity contribution < 1.29 is 0 Å². The summed E-state index contributed by atoms with van der Waals surface area (Å²) in [5, 5.41) is 6.47. The molecule has 1 fully saturated rings. The third kappa shape index (κ3) is 3.18. The predicted molar refractivity (Wildman–Crippen MR) is 60.7 cm³/mol. The second kappa shape index (κ2) is 5.86. The number of nitrogens with zero attached hydrogens (tertiary/aromatic N) is 2. The minimum Gasteiger partial charge on any atom is -0.359 e. The van der Waals surface area contributed by atoms with Gasteiger partial charge in [-0.15, -0.1) is 0 Å².